The Labute approximate surface area is 184 Å². The Balaban J connectivity index is 2.24. The minimum absolute atomic E-state index is 0.983. The molecule has 0 aliphatic carbocycles. The van der Waals surface area contributed by atoms with Crippen LogP contribution >= 0.6 is 0 Å². The van der Waals surface area contributed by atoms with Crippen molar-refractivity contribution < 1.29 is 0 Å². The van der Waals surface area contributed by atoms with Crippen LogP contribution in [0.5, 0.6) is 0 Å². The lowest BCUT2D eigenvalue weighted by molar-refractivity contribution is 0.828. The Bertz CT molecular complexity index is 837. The Morgan fingerprint density at radius 3 is 1.23 bits per heavy atom. The highest BCUT2D eigenvalue weighted by molar-refractivity contribution is 5.90. The van der Waals surface area contributed by atoms with Crippen LogP contribution in [-0.4, -0.2) is 0 Å². The maximum absolute atomic E-state index is 3.29. The molecule has 0 atom stereocenters. The van der Waals surface area contributed by atoms with Gasteiger partial charge >= 0.3 is 0 Å². The minimum Gasteiger partial charge on any atom is -0.0979 e. The van der Waals surface area contributed by atoms with Gasteiger partial charge in [-0.25, -0.2) is 0 Å². The summed E-state index contributed by atoms with van der Waals surface area (Å²) in [5.41, 5.74) is 7.66. The van der Waals surface area contributed by atoms with E-state index in [1.54, 1.807) is 0 Å². The van der Waals surface area contributed by atoms with Gasteiger partial charge < -0.3 is 0 Å². The Morgan fingerprint density at radius 2 is 0.933 bits per heavy atom. The van der Waals surface area contributed by atoms with Crippen molar-refractivity contribution >= 4 is 11.1 Å². The molecule has 0 N–H and O–H groups in total. The molecule has 0 fully saturated rings. The third kappa shape index (κ3) is 7.28. The molecule has 0 aliphatic heterocycles. The van der Waals surface area contributed by atoms with Gasteiger partial charge in [0.2, 0.25) is 0 Å². The molecule has 156 valence electrons. The van der Waals surface area contributed by atoms with Crippen molar-refractivity contribution in [3.05, 3.63) is 70.8 Å². The zero-order chi connectivity index (χ0) is 21.6. The van der Waals surface area contributed by atoms with Crippen LogP contribution in [0.1, 0.15) is 101 Å². The van der Waals surface area contributed by atoms with Crippen molar-refractivity contribution in [3.8, 4) is 23.7 Å². The maximum atomic E-state index is 3.29. The molecule has 0 unspecified atom stereocenters. The van der Waals surface area contributed by atoms with Crippen molar-refractivity contribution in [3.63, 3.8) is 0 Å². The van der Waals surface area contributed by atoms with Gasteiger partial charge in [-0.2, -0.15) is 0 Å². The highest BCUT2D eigenvalue weighted by Crippen LogP contribution is 2.31. The lowest BCUT2D eigenvalue weighted by Gasteiger charge is -2.14. The van der Waals surface area contributed by atoms with Gasteiger partial charge in [-0.05, 0) is 72.2 Å². The fraction of sp³-hybridized carbons (Fsp3) is 0.400. The number of benzene rings is 2. The Kier molecular flexibility index (Phi) is 10.6. The third-order valence-electron chi connectivity index (χ3n) is 5.31. The summed E-state index contributed by atoms with van der Waals surface area (Å²) in [6.45, 7) is 8.90. The van der Waals surface area contributed by atoms with Crippen LogP contribution in [0.3, 0.4) is 0 Å². The number of unbranched alkanes of at least 4 members (excludes halogenated alkanes) is 4. The van der Waals surface area contributed by atoms with Gasteiger partial charge in [0.1, 0.15) is 0 Å². The fourth-order valence-electron chi connectivity index (χ4n) is 3.55. The van der Waals surface area contributed by atoms with Gasteiger partial charge in [0.05, 0.1) is 0 Å². The molecule has 30 heavy (non-hydrogen) atoms. The number of hydrogen-bond donors (Lipinski definition) is 0. The zero-order valence-corrected chi connectivity index (χ0v) is 19.3. The molecule has 0 aliphatic rings. The van der Waals surface area contributed by atoms with Crippen LogP contribution in [0, 0.1) is 23.7 Å². The van der Waals surface area contributed by atoms with Crippen molar-refractivity contribution in [2.45, 2.75) is 79.1 Å². The summed E-state index contributed by atoms with van der Waals surface area (Å²) in [6.07, 6.45) is 8.75. The summed E-state index contributed by atoms with van der Waals surface area (Å²) < 4.78 is 0. The van der Waals surface area contributed by atoms with Gasteiger partial charge in [-0.3, -0.25) is 0 Å². The SMILES string of the molecule is CCCCC#Cc1ccc(C(CC)=C(CC)c2ccc(C#CCCCC)cc2)cc1. The lowest BCUT2D eigenvalue weighted by Crippen LogP contribution is -1.92. The summed E-state index contributed by atoms with van der Waals surface area (Å²) in [5.74, 6) is 13.1. The van der Waals surface area contributed by atoms with Crippen molar-refractivity contribution in [2.24, 2.45) is 0 Å². The van der Waals surface area contributed by atoms with Gasteiger partial charge in [-0.15, -0.1) is 0 Å². The second kappa shape index (κ2) is 13.5. The molecule has 0 nitrogen and oxygen atoms in total. The van der Waals surface area contributed by atoms with Crippen molar-refractivity contribution in [1.29, 1.82) is 0 Å². The number of rotatable bonds is 8. The smallest absolute Gasteiger partial charge is 0.0245 e. The standard InChI is InChI=1S/C30H36/c1-5-9-11-13-15-25-17-21-27(22-18-25)29(7-3)30(8-4)28-23-19-26(20-24-28)16-14-12-10-6-2/h17-24H,5-12H2,1-4H3. The molecule has 0 saturated carbocycles. The van der Waals surface area contributed by atoms with Crippen LogP contribution in [0.2, 0.25) is 0 Å². The van der Waals surface area contributed by atoms with Crippen molar-refractivity contribution in [1.82, 2.24) is 0 Å². The van der Waals surface area contributed by atoms with Crippen molar-refractivity contribution in [2.75, 3.05) is 0 Å². The summed E-state index contributed by atoms with van der Waals surface area (Å²) in [7, 11) is 0. The van der Waals surface area contributed by atoms with E-state index in [1.165, 1.54) is 48.0 Å². The average Bonchev–Trinajstić information content (AvgIpc) is 2.79. The van der Waals surface area contributed by atoms with Crippen LogP contribution in [0.15, 0.2) is 48.5 Å². The molecule has 0 amide bonds. The Hall–Kier alpha value is -2.70. The fourth-order valence-corrected chi connectivity index (χ4v) is 3.55. The third-order valence-corrected chi connectivity index (χ3v) is 5.31. The van der Waals surface area contributed by atoms with E-state index in [2.05, 4.69) is 99.9 Å². The summed E-state index contributed by atoms with van der Waals surface area (Å²) in [4.78, 5) is 0. The lowest BCUT2D eigenvalue weighted by atomic mass is 9.90. The van der Waals surface area contributed by atoms with Crippen LogP contribution in [-0.2, 0) is 0 Å². The quantitative estimate of drug-likeness (QED) is 0.238. The molecule has 0 heterocycles. The molecule has 2 rings (SSSR count). The first kappa shape index (κ1) is 23.6. The molecule has 0 heteroatoms. The number of allylic oxidation sites excluding steroid dienone is 2. The largest absolute Gasteiger partial charge is 0.0979 e. The van der Waals surface area contributed by atoms with Gasteiger partial charge in [0.25, 0.3) is 0 Å². The van der Waals surface area contributed by atoms with Crippen LogP contribution < -0.4 is 0 Å². The molecule has 0 radical (unpaired) electrons. The highest BCUT2D eigenvalue weighted by Gasteiger charge is 2.09. The zero-order valence-electron chi connectivity index (χ0n) is 19.3. The van der Waals surface area contributed by atoms with Crippen LogP contribution in [0.4, 0.5) is 0 Å². The average molecular weight is 397 g/mol. The van der Waals surface area contributed by atoms with E-state index in [0.29, 0.717) is 0 Å². The van der Waals surface area contributed by atoms with Gasteiger partial charge in [0.15, 0.2) is 0 Å². The second-order valence-corrected chi connectivity index (χ2v) is 7.63. The minimum atomic E-state index is 0.983. The molecular weight excluding hydrogens is 360 g/mol. The first-order chi connectivity index (χ1) is 14.7. The topological polar surface area (TPSA) is 0 Å². The summed E-state index contributed by atoms with van der Waals surface area (Å²) in [6, 6.07) is 17.5. The predicted molar refractivity (Wildman–Crippen MR) is 133 cm³/mol. The first-order valence-electron chi connectivity index (χ1n) is 11.6. The number of hydrogen-bond acceptors (Lipinski definition) is 0. The first-order valence-corrected chi connectivity index (χ1v) is 11.6. The van der Waals surface area contributed by atoms with E-state index >= 15 is 0 Å². The molecule has 0 aromatic heterocycles. The molecule has 2 aromatic carbocycles. The highest BCUT2D eigenvalue weighted by atomic mass is 14.1. The molecule has 0 spiro atoms. The van der Waals surface area contributed by atoms with E-state index in [1.807, 2.05) is 0 Å². The maximum Gasteiger partial charge on any atom is 0.0245 e. The van der Waals surface area contributed by atoms with Gasteiger partial charge in [-0.1, -0.05) is 88.5 Å². The normalized spacial score (nSPS) is 11.1. The molecular formula is C30H36. The van der Waals surface area contributed by atoms with E-state index in [4.69, 9.17) is 0 Å². The monoisotopic (exact) mass is 396 g/mol. The molecule has 0 bridgehead atoms. The molecule has 2 aromatic rings. The predicted octanol–water partition coefficient (Wildman–Crippen LogP) is 8.50. The van der Waals surface area contributed by atoms with E-state index in [-0.39, 0.29) is 0 Å². The Morgan fingerprint density at radius 1 is 0.567 bits per heavy atom. The van der Waals surface area contributed by atoms with E-state index in [9.17, 15) is 0 Å². The summed E-state index contributed by atoms with van der Waals surface area (Å²) in [5, 5.41) is 0. The van der Waals surface area contributed by atoms with E-state index in [0.717, 1.165) is 36.8 Å². The van der Waals surface area contributed by atoms with Crippen LogP contribution in [0.25, 0.3) is 11.1 Å². The second-order valence-electron chi connectivity index (χ2n) is 7.63. The molecule has 0 saturated heterocycles. The van der Waals surface area contributed by atoms with Gasteiger partial charge in [0, 0.05) is 24.0 Å². The summed E-state index contributed by atoms with van der Waals surface area (Å²) >= 11 is 0. The van der Waals surface area contributed by atoms with E-state index < -0.39 is 0 Å².